The average molecular weight is 235 g/mol. The van der Waals surface area contributed by atoms with E-state index in [-0.39, 0.29) is 6.10 Å². The highest BCUT2D eigenvalue weighted by atomic mass is 16.5. The van der Waals surface area contributed by atoms with Crippen LogP contribution in [0.3, 0.4) is 0 Å². The lowest BCUT2D eigenvalue weighted by Gasteiger charge is -2.20. The summed E-state index contributed by atoms with van der Waals surface area (Å²) in [5.74, 6) is 0. The number of hydrogen-bond acceptors (Lipinski definition) is 3. The summed E-state index contributed by atoms with van der Waals surface area (Å²) in [6.07, 6.45) is 1.23. The monoisotopic (exact) mass is 235 g/mol. The topological polar surface area (TPSA) is 30.5 Å². The molecule has 0 saturated carbocycles. The number of fused-ring (bicyclic) bond motifs is 1. The summed E-state index contributed by atoms with van der Waals surface area (Å²) in [5, 5.41) is 3.35. The van der Waals surface area contributed by atoms with Gasteiger partial charge < -0.3 is 14.8 Å². The first kappa shape index (κ1) is 12.6. The predicted molar refractivity (Wildman–Crippen MR) is 68.2 cm³/mol. The van der Waals surface area contributed by atoms with E-state index in [2.05, 4.69) is 29.6 Å². The van der Waals surface area contributed by atoms with E-state index in [0.29, 0.717) is 19.3 Å². The molecule has 1 N–H and O–H groups in total. The lowest BCUT2D eigenvalue weighted by atomic mass is 10.1. The first-order chi connectivity index (χ1) is 8.36. The van der Waals surface area contributed by atoms with E-state index < -0.39 is 0 Å². The van der Waals surface area contributed by atoms with Crippen LogP contribution in [0.25, 0.3) is 0 Å². The number of rotatable bonds is 6. The van der Waals surface area contributed by atoms with E-state index in [9.17, 15) is 0 Å². The van der Waals surface area contributed by atoms with Gasteiger partial charge in [0.05, 0.1) is 25.4 Å². The molecular formula is C14H21NO2. The average Bonchev–Trinajstić information content (AvgIpc) is 2.72. The van der Waals surface area contributed by atoms with Gasteiger partial charge in [-0.05, 0) is 25.1 Å². The minimum Gasteiger partial charge on any atom is -0.379 e. The number of hydrogen-bond donors (Lipinski definition) is 1. The van der Waals surface area contributed by atoms with Crippen LogP contribution in [-0.4, -0.2) is 33.0 Å². The lowest BCUT2D eigenvalue weighted by molar-refractivity contribution is -0.00281. The Balaban J connectivity index is 1.93. The van der Waals surface area contributed by atoms with E-state index in [4.69, 9.17) is 9.47 Å². The van der Waals surface area contributed by atoms with Crippen molar-refractivity contribution in [1.29, 1.82) is 0 Å². The molecule has 0 radical (unpaired) electrons. The standard InChI is InChI=1S/C14H21NO2/c1-3-16-8-9-17-13-10-11-6-4-5-7-12(11)14(13)15-2/h4-7,13-15H,3,8-10H2,1-2H3. The van der Waals surface area contributed by atoms with E-state index in [1.165, 1.54) is 11.1 Å². The molecule has 1 aromatic carbocycles. The number of ether oxygens (including phenoxy) is 2. The van der Waals surface area contributed by atoms with Gasteiger partial charge in [-0.15, -0.1) is 0 Å². The quantitative estimate of drug-likeness (QED) is 0.764. The second kappa shape index (κ2) is 6.15. The highest BCUT2D eigenvalue weighted by Gasteiger charge is 2.31. The molecule has 3 nitrogen and oxygen atoms in total. The Labute approximate surface area is 103 Å². The second-order valence-corrected chi connectivity index (χ2v) is 4.28. The molecule has 0 amide bonds. The minimum atomic E-state index is 0.234. The Morgan fingerprint density at radius 2 is 2.12 bits per heavy atom. The molecule has 0 saturated heterocycles. The van der Waals surface area contributed by atoms with Crippen molar-refractivity contribution >= 4 is 0 Å². The van der Waals surface area contributed by atoms with Crippen molar-refractivity contribution in [2.45, 2.75) is 25.5 Å². The van der Waals surface area contributed by atoms with Gasteiger partial charge in [0, 0.05) is 13.0 Å². The first-order valence-corrected chi connectivity index (χ1v) is 6.31. The number of likely N-dealkylation sites (N-methyl/N-ethyl adjacent to an activating group) is 1. The zero-order chi connectivity index (χ0) is 12.1. The molecule has 1 aliphatic carbocycles. The predicted octanol–water partition coefficient (Wildman–Crippen LogP) is 1.92. The molecule has 1 aliphatic rings. The Kier molecular flexibility index (Phi) is 4.54. The Hall–Kier alpha value is -0.900. The molecule has 0 spiro atoms. The summed E-state index contributed by atoms with van der Waals surface area (Å²) in [4.78, 5) is 0. The van der Waals surface area contributed by atoms with Crippen LogP contribution in [-0.2, 0) is 15.9 Å². The Morgan fingerprint density at radius 1 is 1.29 bits per heavy atom. The van der Waals surface area contributed by atoms with Crippen molar-refractivity contribution < 1.29 is 9.47 Å². The van der Waals surface area contributed by atoms with Crippen molar-refractivity contribution in [3.8, 4) is 0 Å². The summed E-state index contributed by atoms with van der Waals surface area (Å²) >= 11 is 0. The molecule has 0 aliphatic heterocycles. The third-order valence-electron chi connectivity index (χ3n) is 3.26. The van der Waals surface area contributed by atoms with E-state index in [1.54, 1.807) is 0 Å². The van der Waals surface area contributed by atoms with Crippen LogP contribution < -0.4 is 5.32 Å². The minimum absolute atomic E-state index is 0.234. The SMILES string of the molecule is CCOCCOC1Cc2ccccc2C1NC. The maximum absolute atomic E-state index is 5.90. The molecule has 3 heteroatoms. The fraction of sp³-hybridized carbons (Fsp3) is 0.571. The largest absolute Gasteiger partial charge is 0.379 e. The molecular weight excluding hydrogens is 214 g/mol. The summed E-state index contributed by atoms with van der Waals surface area (Å²) < 4.78 is 11.2. The van der Waals surface area contributed by atoms with Gasteiger partial charge in [-0.1, -0.05) is 24.3 Å². The van der Waals surface area contributed by atoms with Crippen LogP contribution in [0.2, 0.25) is 0 Å². The molecule has 0 heterocycles. The fourth-order valence-corrected chi connectivity index (χ4v) is 2.46. The van der Waals surface area contributed by atoms with E-state index in [0.717, 1.165) is 13.0 Å². The van der Waals surface area contributed by atoms with Crippen LogP contribution >= 0.6 is 0 Å². The van der Waals surface area contributed by atoms with Crippen molar-refractivity contribution in [2.24, 2.45) is 0 Å². The van der Waals surface area contributed by atoms with Gasteiger partial charge in [0.15, 0.2) is 0 Å². The zero-order valence-corrected chi connectivity index (χ0v) is 10.6. The first-order valence-electron chi connectivity index (χ1n) is 6.31. The van der Waals surface area contributed by atoms with E-state index in [1.807, 2.05) is 14.0 Å². The third-order valence-corrected chi connectivity index (χ3v) is 3.26. The van der Waals surface area contributed by atoms with Gasteiger partial charge in [-0.2, -0.15) is 0 Å². The molecule has 2 rings (SSSR count). The molecule has 0 aromatic heterocycles. The molecule has 2 atom stereocenters. The second-order valence-electron chi connectivity index (χ2n) is 4.28. The Bertz CT molecular complexity index is 354. The van der Waals surface area contributed by atoms with Gasteiger partial charge in [0.2, 0.25) is 0 Å². The third kappa shape index (κ3) is 2.86. The molecule has 94 valence electrons. The zero-order valence-electron chi connectivity index (χ0n) is 10.6. The van der Waals surface area contributed by atoms with Crippen LogP contribution in [0.15, 0.2) is 24.3 Å². The molecule has 17 heavy (non-hydrogen) atoms. The lowest BCUT2D eigenvalue weighted by Crippen LogP contribution is -2.29. The summed E-state index contributed by atoms with van der Waals surface area (Å²) in [6.45, 7) is 4.11. The number of benzene rings is 1. The van der Waals surface area contributed by atoms with Gasteiger partial charge in [0.25, 0.3) is 0 Å². The maximum Gasteiger partial charge on any atom is 0.0811 e. The summed E-state index contributed by atoms with van der Waals surface area (Å²) in [6, 6.07) is 8.86. The van der Waals surface area contributed by atoms with Crippen LogP contribution in [0.5, 0.6) is 0 Å². The molecule has 2 unspecified atom stereocenters. The van der Waals surface area contributed by atoms with Crippen LogP contribution in [0.1, 0.15) is 24.1 Å². The maximum atomic E-state index is 5.90. The Morgan fingerprint density at radius 3 is 2.88 bits per heavy atom. The van der Waals surface area contributed by atoms with Crippen LogP contribution in [0.4, 0.5) is 0 Å². The van der Waals surface area contributed by atoms with E-state index >= 15 is 0 Å². The summed E-state index contributed by atoms with van der Waals surface area (Å²) in [7, 11) is 1.99. The number of nitrogens with one attached hydrogen (secondary N) is 1. The fourth-order valence-electron chi connectivity index (χ4n) is 2.46. The van der Waals surface area contributed by atoms with Crippen molar-refractivity contribution in [3.05, 3.63) is 35.4 Å². The highest BCUT2D eigenvalue weighted by Crippen LogP contribution is 2.32. The van der Waals surface area contributed by atoms with Crippen LogP contribution in [0, 0.1) is 0 Å². The molecule has 0 fully saturated rings. The van der Waals surface area contributed by atoms with Gasteiger partial charge in [0.1, 0.15) is 0 Å². The van der Waals surface area contributed by atoms with Gasteiger partial charge in [-0.25, -0.2) is 0 Å². The summed E-state index contributed by atoms with van der Waals surface area (Å²) in [5.41, 5.74) is 2.77. The van der Waals surface area contributed by atoms with Gasteiger partial charge in [-0.3, -0.25) is 0 Å². The smallest absolute Gasteiger partial charge is 0.0811 e. The van der Waals surface area contributed by atoms with Crippen molar-refractivity contribution in [2.75, 3.05) is 26.9 Å². The highest BCUT2D eigenvalue weighted by molar-refractivity contribution is 5.36. The van der Waals surface area contributed by atoms with Crippen molar-refractivity contribution in [1.82, 2.24) is 5.32 Å². The van der Waals surface area contributed by atoms with Crippen molar-refractivity contribution in [3.63, 3.8) is 0 Å². The normalized spacial score (nSPS) is 22.7. The van der Waals surface area contributed by atoms with Gasteiger partial charge >= 0.3 is 0 Å². The molecule has 0 bridgehead atoms. The molecule has 1 aromatic rings.